The van der Waals surface area contributed by atoms with E-state index in [2.05, 4.69) is 10.3 Å². The Kier molecular flexibility index (Phi) is 5.35. The molecule has 0 spiro atoms. The minimum atomic E-state index is -0.395. The fourth-order valence-corrected chi connectivity index (χ4v) is 2.65. The Bertz CT molecular complexity index is 545. The van der Waals surface area contributed by atoms with Gasteiger partial charge in [-0.2, -0.15) is 0 Å². The molecule has 6 heteroatoms. The van der Waals surface area contributed by atoms with Crippen molar-refractivity contribution in [2.24, 2.45) is 5.92 Å². The number of methoxy groups -OCH3 is 1. The molecule has 0 amide bonds. The molecule has 0 aliphatic heterocycles. The van der Waals surface area contributed by atoms with E-state index in [1.54, 1.807) is 32.2 Å². The van der Waals surface area contributed by atoms with Gasteiger partial charge in [0, 0.05) is 12.2 Å². The maximum absolute atomic E-state index is 12.1. The van der Waals surface area contributed by atoms with Crippen molar-refractivity contribution < 1.29 is 19.1 Å². The lowest BCUT2D eigenvalue weighted by Crippen LogP contribution is -2.22. The molecule has 0 unspecified atom stereocenters. The van der Waals surface area contributed by atoms with Gasteiger partial charge in [-0.3, -0.25) is 4.79 Å². The zero-order chi connectivity index (χ0) is 16.1. The summed E-state index contributed by atoms with van der Waals surface area (Å²) in [6, 6.07) is 3.49. The molecular weight excluding hydrogens is 284 g/mol. The average Bonchev–Trinajstić information content (AvgIpc) is 2.94. The minimum Gasteiger partial charge on any atom is -0.469 e. The second-order valence-electron chi connectivity index (χ2n) is 5.73. The standard InChI is InChI=1S/C16H22N2O4/c1-10(2)22-16(20)13-5-4-8-17-14(13)18-12-7-6-11(9-12)15(19)21-3/h4-5,8,10-12H,6-7,9H2,1-3H3,(H,17,18)/t11-,12+/m0/s1. The molecule has 1 aliphatic carbocycles. The van der Waals surface area contributed by atoms with Crippen LogP contribution in [0.15, 0.2) is 18.3 Å². The third-order valence-electron chi connectivity index (χ3n) is 3.68. The van der Waals surface area contributed by atoms with Crippen molar-refractivity contribution in [3.05, 3.63) is 23.9 Å². The fraction of sp³-hybridized carbons (Fsp3) is 0.562. The number of pyridine rings is 1. The molecule has 1 saturated carbocycles. The van der Waals surface area contributed by atoms with Crippen molar-refractivity contribution in [1.82, 2.24) is 4.98 Å². The summed E-state index contributed by atoms with van der Waals surface area (Å²) in [7, 11) is 1.40. The molecule has 2 atom stereocenters. The molecule has 6 nitrogen and oxygen atoms in total. The number of aromatic nitrogens is 1. The molecule has 1 aromatic heterocycles. The molecule has 1 aliphatic rings. The van der Waals surface area contributed by atoms with Crippen LogP contribution in [-0.2, 0) is 14.3 Å². The number of esters is 2. The van der Waals surface area contributed by atoms with E-state index in [0.29, 0.717) is 17.8 Å². The van der Waals surface area contributed by atoms with Crippen molar-refractivity contribution >= 4 is 17.8 Å². The lowest BCUT2D eigenvalue weighted by molar-refractivity contribution is -0.145. The zero-order valence-corrected chi connectivity index (χ0v) is 13.2. The number of anilines is 1. The Morgan fingerprint density at radius 2 is 2.14 bits per heavy atom. The van der Waals surface area contributed by atoms with Gasteiger partial charge in [-0.05, 0) is 45.2 Å². The topological polar surface area (TPSA) is 77.5 Å². The lowest BCUT2D eigenvalue weighted by Gasteiger charge is -2.16. The molecule has 0 bridgehead atoms. The summed E-state index contributed by atoms with van der Waals surface area (Å²) >= 11 is 0. The molecule has 1 fully saturated rings. The van der Waals surface area contributed by atoms with Gasteiger partial charge in [0.05, 0.1) is 19.1 Å². The smallest absolute Gasteiger partial charge is 0.342 e. The normalized spacial score (nSPS) is 20.7. The van der Waals surface area contributed by atoms with Gasteiger partial charge >= 0.3 is 11.9 Å². The summed E-state index contributed by atoms with van der Waals surface area (Å²) in [4.78, 5) is 27.9. The van der Waals surface area contributed by atoms with Crippen molar-refractivity contribution in [1.29, 1.82) is 0 Å². The van der Waals surface area contributed by atoms with Crippen LogP contribution in [0.4, 0.5) is 5.82 Å². The first-order chi connectivity index (χ1) is 10.5. The van der Waals surface area contributed by atoms with Crippen LogP contribution in [0.5, 0.6) is 0 Å². The maximum Gasteiger partial charge on any atom is 0.342 e. The van der Waals surface area contributed by atoms with Gasteiger partial charge in [0.1, 0.15) is 11.4 Å². The molecule has 1 heterocycles. The van der Waals surface area contributed by atoms with Gasteiger partial charge in [0.2, 0.25) is 0 Å². The van der Waals surface area contributed by atoms with E-state index in [-0.39, 0.29) is 24.0 Å². The fourth-order valence-electron chi connectivity index (χ4n) is 2.65. The number of carbonyl (C=O) groups excluding carboxylic acids is 2. The first kappa shape index (κ1) is 16.3. The Morgan fingerprint density at radius 3 is 2.82 bits per heavy atom. The van der Waals surface area contributed by atoms with Crippen LogP contribution in [0, 0.1) is 5.92 Å². The van der Waals surface area contributed by atoms with Gasteiger partial charge in [-0.15, -0.1) is 0 Å². The number of rotatable bonds is 5. The van der Waals surface area contributed by atoms with Gasteiger partial charge in [-0.25, -0.2) is 9.78 Å². The van der Waals surface area contributed by atoms with E-state index in [9.17, 15) is 9.59 Å². The summed E-state index contributed by atoms with van der Waals surface area (Å²) in [5.74, 6) is -0.154. The largest absolute Gasteiger partial charge is 0.469 e. The highest BCUT2D eigenvalue weighted by molar-refractivity contribution is 5.94. The summed E-state index contributed by atoms with van der Waals surface area (Å²) in [5, 5.41) is 3.25. The number of hydrogen-bond donors (Lipinski definition) is 1. The second kappa shape index (κ2) is 7.24. The summed E-state index contributed by atoms with van der Waals surface area (Å²) in [6.45, 7) is 3.61. The highest BCUT2D eigenvalue weighted by atomic mass is 16.5. The number of hydrogen-bond acceptors (Lipinski definition) is 6. The molecule has 0 radical (unpaired) electrons. The van der Waals surface area contributed by atoms with Crippen LogP contribution in [0.25, 0.3) is 0 Å². The number of nitrogens with zero attached hydrogens (tertiary/aromatic N) is 1. The summed E-state index contributed by atoms with van der Waals surface area (Å²) < 4.78 is 10.0. The van der Waals surface area contributed by atoms with Gasteiger partial charge in [0.25, 0.3) is 0 Å². The van der Waals surface area contributed by atoms with Crippen LogP contribution in [0.1, 0.15) is 43.5 Å². The third-order valence-corrected chi connectivity index (χ3v) is 3.68. The SMILES string of the molecule is COC(=O)[C@H]1CC[C@@H](Nc2ncccc2C(=O)OC(C)C)C1. The number of carbonyl (C=O) groups is 2. The predicted molar refractivity (Wildman–Crippen MR) is 81.6 cm³/mol. The van der Waals surface area contributed by atoms with Crippen molar-refractivity contribution in [3.63, 3.8) is 0 Å². The lowest BCUT2D eigenvalue weighted by atomic mass is 10.1. The molecule has 0 aromatic carbocycles. The Balaban J connectivity index is 2.05. The van der Waals surface area contributed by atoms with E-state index in [1.807, 2.05) is 0 Å². The first-order valence-electron chi connectivity index (χ1n) is 7.51. The Labute approximate surface area is 130 Å². The van der Waals surface area contributed by atoms with E-state index in [1.165, 1.54) is 7.11 Å². The maximum atomic E-state index is 12.1. The summed E-state index contributed by atoms with van der Waals surface area (Å²) in [5.41, 5.74) is 0.415. The van der Waals surface area contributed by atoms with Crippen LogP contribution in [0.3, 0.4) is 0 Å². The average molecular weight is 306 g/mol. The minimum absolute atomic E-state index is 0.0859. The van der Waals surface area contributed by atoms with Crippen LogP contribution < -0.4 is 5.32 Å². The molecule has 120 valence electrons. The second-order valence-corrected chi connectivity index (χ2v) is 5.73. The quantitative estimate of drug-likeness (QED) is 0.842. The van der Waals surface area contributed by atoms with E-state index >= 15 is 0 Å². The van der Waals surface area contributed by atoms with Crippen molar-refractivity contribution in [3.8, 4) is 0 Å². The highest BCUT2D eigenvalue weighted by Gasteiger charge is 2.31. The molecule has 1 aromatic rings. The first-order valence-corrected chi connectivity index (χ1v) is 7.51. The molecular formula is C16H22N2O4. The molecule has 2 rings (SSSR count). The van der Waals surface area contributed by atoms with E-state index in [4.69, 9.17) is 9.47 Å². The van der Waals surface area contributed by atoms with Gasteiger partial charge < -0.3 is 14.8 Å². The Morgan fingerprint density at radius 1 is 1.36 bits per heavy atom. The van der Waals surface area contributed by atoms with Crippen molar-refractivity contribution in [2.45, 2.75) is 45.3 Å². The zero-order valence-electron chi connectivity index (χ0n) is 13.2. The number of nitrogens with one attached hydrogen (secondary N) is 1. The molecule has 1 N–H and O–H groups in total. The summed E-state index contributed by atoms with van der Waals surface area (Å²) in [6.07, 6.45) is 3.75. The van der Waals surface area contributed by atoms with Crippen LogP contribution >= 0.6 is 0 Å². The monoisotopic (exact) mass is 306 g/mol. The third kappa shape index (κ3) is 3.96. The highest BCUT2D eigenvalue weighted by Crippen LogP contribution is 2.29. The number of ether oxygens (including phenoxy) is 2. The molecule has 0 saturated heterocycles. The predicted octanol–water partition coefficient (Wildman–Crippen LogP) is 2.40. The Hall–Kier alpha value is -2.11. The van der Waals surface area contributed by atoms with Crippen LogP contribution in [0.2, 0.25) is 0 Å². The van der Waals surface area contributed by atoms with Gasteiger partial charge in [-0.1, -0.05) is 0 Å². The van der Waals surface area contributed by atoms with Crippen molar-refractivity contribution in [2.75, 3.05) is 12.4 Å². The van der Waals surface area contributed by atoms with Gasteiger partial charge in [0.15, 0.2) is 0 Å². The van der Waals surface area contributed by atoms with E-state index < -0.39 is 5.97 Å². The van der Waals surface area contributed by atoms with E-state index in [0.717, 1.165) is 12.8 Å². The molecule has 22 heavy (non-hydrogen) atoms. The van der Waals surface area contributed by atoms with Crippen LogP contribution in [-0.4, -0.2) is 36.2 Å².